The van der Waals surface area contributed by atoms with Gasteiger partial charge in [0.15, 0.2) is 5.78 Å². The van der Waals surface area contributed by atoms with Crippen LogP contribution >= 0.6 is 0 Å². The summed E-state index contributed by atoms with van der Waals surface area (Å²) in [6.45, 7) is 3.68. The van der Waals surface area contributed by atoms with Crippen molar-refractivity contribution in [2.24, 2.45) is 0 Å². The van der Waals surface area contributed by atoms with E-state index in [1.807, 2.05) is 6.92 Å². The maximum atomic E-state index is 12.5. The fourth-order valence-electron chi connectivity index (χ4n) is 2.08. The molecule has 2 rings (SSSR count). The molecule has 0 N–H and O–H groups in total. The average Bonchev–Trinajstić information content (AvgIpc) is 2.54. The van der Waals surface area contributed by atoms with Crippen molar-refractivity contribution in [3.63, 3.8) is 0 Å². The van der Waals surface area contributed by atoms with Crippen molar-refractivity contribution in [2.45, 2.75) is 13.8 Å². The zero-order valence-corrected chi connectivity index (χ0v) is 12.7. The van der Waals surface area contributed by atoms with Crippen molar-refractivity contribution in [2.75, 3.05) is 6.61 Å². The molecule has 0 aliphatic carbocycles. The molecule has 0 amide bonds. The molecule has 0 spiro atoms. The first-order valence-corrected chi connectivity index (χ1v) is 7.01. The molecular formula is C17H15NO5. The SMILES string of the molecule is CCOC(=O)c1ccc(C(=O)c2ccc(C)cc2)c([N+](=O)[O-])c1. The molecule has 0 unspecified atom stereocenters. The monoisotopic (exact) mass is 313 g/mol. The Morgan fingerprint density at radius 3 is 2.26 bits per heavy atom. The number of nitro groups is 1. The molecule has 0 saturated heterocycles. The second-order valence-corrected chi connectivity index (χ2v) is 4.90. The molecule has 2 aromatic carbocycles. The summed E-state index contributed by atoms with van der Waals surface area (Å²) in [5, 5.41) is 11.2. The Balaban J connectivity index is 2.45. The van der Waals surface area contributed by atoms with Crippen molar-refractivity contribution in [1.82, 2.24) is 0 Å². The number of hydrogen-bond acceptors (Lipinski definition) is 5. The average molecular weight is 313 g/mol. The molecule has 6 nitrogen and oxygen atoms in total. The predicted octanol–water partition coefficient (Wildman–Crippen LogP) is 3.31. The first-order chi connectivity index (χ1) is 10.9. The lowest BCUT2D eigenvalue weighted by atomic mass is 9.99. The van der Waals surface area contributed by atoms with Crippen LogP contribution in [0.4, 0.5) is 5.69 Å². The maximum Gasteiger partial charge on any atom is 0.338 e. The van der Waals surface area contributed by atoms with Crippen LogP contribution in [0.1, 0.15) is 38.8 Å². The van der Waals surface area contributed by atoms with Crippen LogP contribution in [0.2, 0.25) is 0 Å². The minimum atomic E-state index is -0.676. The summed E-state index contributed by atoms with van der Waals surface area (Å²) in [6, 6.07) is 10.4. The van der Waals surface area contributed by atoms with Gasteiger partial charge in [-0.25, -0.2) is 4.79 Å². The highest BCUT2D eigenvalue weighted by molar-refractivity contribution is 6.12. The third-order valence-electron chi connectivity index (χ3n) is 3.26. The van der Waals surface area contributed by atoms with Crippen LogP contribution in [-0.2, 0) is 4.74 Å². The van der Waals surface area contributed by atoms with Crippen LogP contribution in [0.25, 0.3) is 0 Å². The van der Waals surface area contributed by atoms with Gasteiger partial charge in [-0.1, -0.05) is 29.8 Å². The molecule has 0 aliphatic heterocycles. The second-order valence-electron chi connectivity index (χ2n) is 4.90. The third kappa shape index (κ3) is 3.60. The molecule has 0 fully saturated rings. The zero-order valence-electron chi connectivity index (χ0n) is 12.7. The fraction of sp³-hybridized carbons (Fsp3) is 0.176. The lowest BCUT2D eigenvalue weighted by molar-refractivity contribution is -0.385. The van der Waals surface area contributed by atoms with Gasteiger partial charge in [0.05, 0.1) is 17.1 Å². The van der Waals surface area contributed by atoms with Gasteiger partial charge >= 0.3 is 5.97 Å². The molecule has 6 heteroatoms. The molecule has 0 saturated carbocycles. The van der Waals surface area contributed by atoms with E-state index in [4.69, 9.17) is 4.74 Å². The minimum Gasteiger partial charge on any atom is -0.462 e. The summed E-state index contributed by atoms with van der Waals surface area (Å²) >= 11 is 0. The lowest BCUT2D eigenvalue weighted by Gasteiger charge is -2.06. The van der Waals surface area contributed by atoms with Gasteiger partial charge in [-0.2, -0.15) is 0 Å². The topological polar surface area (TPSA) is 86.5 Å². The van der Waals surface area contributed by atoms with E-state index in [0.29, 0.717) is 5.56 Å². The van der Waals surface area contributed by atoms with Crippen LogP contribution in [0.15, 0.2) is 42.5 Å². The number of nitrogens with zero attached hydrogens (tertiary/aromatic N) is 1. The summed E-state index contributed by atoms with van der Waals surface area (Å²) < 4.78 is 4.81. The highest BCUT2D eigenvalue weighted by Crippen LogP contribution is 2.24. The van der Waals surface area contributed by atoms with Crippen LogP contribution in [0.5, 0.6) is 0 Å². The Bertz CT molecular complexity index is 765. The number of carbonyl (C=O) groups is 2. The van der Waals surface area contributed by atoms with Gasteiger partial charge < -0.3 is 4.74 Å². The Morgan fingerprint density at radius 1 is 1.09 bits per heavy atom. The zero-order chi connectivity index (χ0) is 17.0. The molecule has 0 bridgehead atoms. The normalized spacial score (nSPS) is 10.2. The van der Waals surface area contributed by atoms with E-state index in [9.17, 15) is 19.7 Å². The van der Waals surface area contributed by atoms with Gasteiger partial charge in [0.1, 0.15) is 5.56 Å². The smallest absolute Gasteiger partial charge is 0.338 e. The molecular weight excluding hydrogens is 298 g/mol. The molecule has 0 radical (unpaired) electrons. The Labute approximate surface area is 132 Å². The summed E-state index contributed by atoms with van der Waals surface area (Å²) in [5.41, 5.74) is 0.892. The number of hydrogen-bond donors (Lipinski definition) is 0. The van der Waals surface area contributed by atoms with E-state index in [2.05, 4.69) is 0 Å². The van der Waals surface area contributed by atoms with Crippen molar-refractivity contribution < 1.29 is 19.2 Å². The second kappa shape index (κ2) is 6.83. The molecule has 2 aromatic rings. The van der Waals surface area contributed by atoms with Crippen LogP contribution in [-0.4, -0.2) is 23.3 Å². The summed E-state index contributed by atoms with van der Waals surface area (Å²) in [4.78, 5) is 34.7. The lowest BCUT2D eigenvalue weighted by Crippen LogP contribution is -2.09. The van der Waals surface area contributed by atoms with Crippen LogP contribution < -0.4 is 0 Å². The van der Waals surface area contributed by atoms with Gasteiger partial charge in [-0.15, -0.1) is 0 Å². The van der Waals surface area contributed by atoms with Crippen molar-refractivity contribution in [3.8, 4) is 0 Å². The number of rotatable bonds is 5. The Kier molecular flexibility index (Phi) is 4.85. The van der Waals surface area contributed by atoms with Crippen molar-refractivity contribution in [3.05, 3.63) is 74.8 Å². The third-order valence-corrected chi connectivity index (χ3v) is 3.26. The quantitative estimate of drug-likeness (QED) is 0.366. The van der Waals surface area contributed by atoms with Gasteiger partial charge in [0.2, 0.25) is 0 Å². The van der Waals surface area contributed by atoms with Crippen LogP contribution in [0.3, 0.4) is 0 Å². The number of nitro benzene ring substituents is 1. The predicted molar refractivity (Wildman–Crippen MR) is 83.7 cm³/mol. The van der Waals surface area contributed by atoms with E-state index >= 15 is 0 Å². The summed E-state index contributed by atoms with van der Waals surface area (Å²) in [6.07, 6.45) is 0. The fourth-order valence-corrected chi connectivity index (χ4v) is 2.08. The number of esters is 1. The molecule has 23 heavy (non-hydrogen) atoms. The first kappa shape index (κ1) is 16.4. The number of ether oxygens (including phenoxy) is 1. The largest absolute Gasteiger partial charge is 0.462 e. The van der Waals surface area contributed by atoms with E-state index in [1.165, 1.54) is 12.1 Å². The van der Waals surface area contributed by atoms with Crippen molar-refractivity contribution >= 4 is 17.4 Å². The van der Waals surface area contributed by atoms with Gasteiger partial charge in [-0.05, 0) is 26.0 Å². The summed E-state index contributed by atoms with van der Waals surface area (Å²) in [5.74, 6) is -1.13. The number of benzene rings is 2. The molecule has 0 atom stereocenters. The van der Waals surface area contributed by atoms with Crippen LogP contribution in [0, 0.1) is 17.0 Å². The molecule has 0 heterocycles. The van der Waals surface area contributed by atoms with E-state index in [1.54, 1.807) is 31.2 Å². The molecule has 0 aromatic heterocycles. The molecule has 118 valence electrons. The summed E-state index contributed by atoms with van der Waals surface area (Å²) in [7, 11) is 0. The van der Waals surface area contributed by atoms with E-state index < -0.39 is 22.4 Å². The Hall–Kier alpha value is -3.02. The van der Waals surface area contributed by atoms with Crippen molar-refractivity contribution in [1.29, 1.82) is 0 Å². The Morgan fingerprint density at radius 2 is 1.70 bits per heavy atom. The highest BCUT2D eigenvalue weighted by Gasteiger charge is 2.23. The standard InChI is InChI=1S/C17H15NO5/c1-3-23-17(20)13-8-9-14(15(10-13)18(21)22)16(19)12-6-4-11(2)5-7-12/h4-10H,3H2,1-2H3. The number of ketones is 1. The number of carbonyl (C=O) groups excluding carboxylic acids is 2. The van der Waals surface area contributed by atoms with E-state index in [-0.39, 0.29) is 17.7 Å². The molecule has 0 aliphatic rings. The van der Waals surface area contributed by atoms with Gasteiger partial charge in [0, 0.05) is 11.6 Å². The maximum absolute atomic E-state index is 12.5. The van der Waals surface area contributed by atoms with Gasteiger partial charge in [0.25, 0.3) is 5.69 Å². The minimum absolute atomic E-state index is 0.0407. The van der Waals surface area contributed by atoms with Gasteiger partial charge in [-0.3, -0.25) is 14.9 Å². The number of aryl methyl sites for hydroxylation is 1. The first-order valence-electron chi connectivity index (χ1n) is 7.01. The van der Waals surface area contributed by atoms with E-state index in [0.717, 1.165) is 11.6 Å². The highest BCUT2D eigenvalue weighted by atomic mass is 16.6.